The molecule has 3 aromatic carbocycles. The summed E-state index contributed by atoms with van der Waals surface area (Å²) in [6.45, 7) is 6.26. The van der Waals surface area contributed by atoms with E-state index in [2.05, 4.69) is 26.1 Å². The molecule has 1 aliphatic heterocycles. The first-order valence-corrected chi connectivity index (χ1v) is 10.7. The molecule has 0 saturated carbocycles. The van der Waals surface area contributed by atoms with Crippen LogP contribution in [-0.4, -0.2) is 11.8 Å². The molecule has 1 aliphatic rings. The highest BCUT2D eigenvalue weighted by Crippen LogP contribution is 2.35. The van der Waals surface area contributed by atoms with E-state index >= 15 is 0 Å². The quantitative estimate of drug-likeness (QED) is 0.458. The Bertz CT molecular complexity index is 1280. The SMILES string of the molecule is CC(C)(C)c1ccc(NC2=C(c3ccc(Cl)cc3)C(=O)N(c3ccc(F)cc3F)C2=O)cc1. The van der Waals surface area contributed by atoms with Crippen LogP contribution in [0.15, 0.2) is 72.4 Å². The van der Waals surface area contributed by atoms with Crippen molar-refractivity contribution in [2.45, 2.75) is 26.2 Å². The molecule has 0 saturated heterocycles. The molecule has 0 bridgehead atoms. The molecule has 33 heavy (non-hydrogen) atoms. The number of amides is 2. The van der Waals surface area contributed by atoms with Crippen molar-refractivity contribution in [2.75, 3.05) is 10.2 Å². The number of benzene rings is 3. The number of nitrogens with zero attached hydrogens (tertiary/aromatic N) is 1. The molecule has 0 aliphatic carbocycles. The molecular formula is C26H21ClF2N2O2. The van der Waals surface area contributed by atoms with Crippen molar-refractivity contribution in [1.29, 1.82) is 0 Å². The van der Waals surface area contributed by atoms with Gasteiger partial charge >= 0.3 is 0 Å². The Hall–Kier alpha value is -3.51. The molecule has 0 spiro atoms. The largest absolute Gasteiger partial charge is 0.350 e. The lowest BCUT2D eigenvalue weighted by molar-refractivity contribution is -0.120. The first-order chi connectivity index (χ1) is 15.6. The third kappa shape index (κ3) is 4.39. The number of nitrogens with one attached hydrogen (secondary N) is 1. The number of rotatable bonds is 4. The molecule has 0 aromatic heterocycles. The van der Waals surface area contributed by atoms with Crippen LogP contribution < -0.4 is 10.2 Å². The van der Waals surface area contributed by atoms with Gasteiger partial charge in [0.25, 0.3) is 11.8 Å². The summed E-state index contributed by atoms with van der Waals surface area (Å²) < 4.78 is 27.9. The molecule has 1 heterocycles. The van der Waals surface area contributed by atoms with Crippen LogP contribution in [0.2, 0.25) is 5.02 Å². The van der Waals surface area contributed by atoms with E-state index in [1.165, 1.54) is 0 Å². The number of carbonyl (C=O) groups excluding carboxylic acids is 2. The van der Waals surface area contributed by atoms with Crippen molar-refractivity contribution < 1.29 is 18.4 Å². The molecule has 4 rings (SSSR count). The number of carbonyl (C=O) groups is 2. The number of hydrogen-bond donors (Lipinski definition) is 1. The fourth-order valence-electron chi connectivity index (χ4n) is 3.61. The van der Waals surface area contributed by atoms with Crippen molar-refractivity contribution in [3.05, 3.63) is 100 Å². The zero-order valence-electron chi connectivity index (χ0n) is 18.2. The Morgan fingerprint density at radius 1 is 0.848 bits per heavy atom. The maximum Gasteiger partial charge on any atom is 0.282 e. The van der Waals surface area contributed by atoms with Crippen molar-refractivity contribution in [3.63, 3.8) is 0 Å². The molecule has 7 heteroatoms. The maximum atomic E-state index is 14.5. The predicted octanol–water partition coefficient (Wildman–Crippen LogP) is 6.31. The normalized spacial score (nSPS) is 14.3. The summed E-state index contributed by atoms with van der Waals surface area (Å²) in [5.74, 6) is -3.28. The molecule has 1 N–H and O–H groups in total. The highest BCUT2D eigenvalue weighted by atomic mass is 35.5. The summed E-state index contributed by atoms with van der Waals surface area (Å²) >= 11 is 5.98. The lowest BCUT2D eigenvalue weighted by Gasteiger charge is -2.19. The van der Waals surface area contributed by atoms with Gasteiger partial charge in [-0.05, 0) is 52.9 Å². The average Bonchev–Trinajstić information content (AvgIpc) is 2.98. The van der Waals surface area contributed by atoms with E-state index in [4.69, 9.17) is 11.6 Å². The van der Waals surface area contributed by atoms with Gasteiger partial charge in [-0.15, -0.1) is 0 Å². The first kappa shape index (κ1) is 22.7. The van der Waals surface area contributed by atoms with Gasteiger partial charge in [-0.25, -0.2) is 13.7 Å². The van der Waals surface area contributed by atoms with Gasteiger partial charge in [-0.3, -0.25) is 9.59 Å². The zero-order chi connectivity index (χ0) is 23.9. The van der Waals surface area contributed by atoms with Crippen LogP contribution in [0.4, 0.5) is 20.2 Å². The summed E-state index contributed by atoms with van der Waals surface area (Å²) in [7, 11) is 0. The van der Waals surface area contributed by atoms with E-state index < -0.39 is 23.4 Å². The van der Waals surface area contributed by atoms with Gasteiger partial charge in [0.15, 0.2) is 0 Å². The number of anilines is 2. The van der Waals surface area contributed by atoms with Gasteiger partial charge in [0.2, 0.25) is 0 Å². The Balaban J connectivity index is 1.79. The summed E-state index contributed by atoms with van der Waals surface area (Å²) in [4.78, 5) is 27.4. The highest BCUT2D eigenvalue weighted by Gasteiger charge is 2.41. The zero-order valence-corrected chi connectivity index (χ0v) is 19.0. The van der Waals surface area contributed by atoms with Crippen LogP contribution >= 0.6 is 11.6 Å². The Labute approximate surface area is 195 Å². The third-order valence-corrected chi connectivity index (χ3v) is 5.64. The van der Waals surface area contributed by atoms with Crippen LogP contribution in [0.25, 0.3) is 5.57 Å². The second kappa shape index (κ2) is 8.45. The van der Waals surface area contributed by atoms with Gasteiger partial charge in [0.1, 0.15) is 17.3 Å². The second-order valence-corrected chi connectivity index (χ2v) is 9.19. The molecule has 0 fully saturated rings. The number of hydrogen-bond acceptors (Lipinski definition) is 3. The minimum Gasteiger partial charge on any atom is -0.350 e. The van der Waals surface area contributed by atoms with Crippen molar-refractivity contribution in [1.82, 2.24) is 0 Å². The van der Waals surface area contributed by atoms with Crippen LogP contribution in [0.5, 0.6) is 0 Å². The fourth-order valence-corrected chi connectivity index (χ4v) is 3.74. The second-order valence-electron chi connectivity index (χ2n) is 8.75. The standard InChI is InChI=1S/C26H21ClF2N2O2/c1-26(2,3)16-6-11-19(12-7-16)30-23-22(15-4-8-17(27)9-5-15)24(32)31(25(23)33)21-13-10-18(28)14-20(21)29/h4-14,30H,1-3H3. The lowest BCUT2D eigenvalue weighted by atomic mass is 9.87. The summed E-state index contributed by atoms with van der Waals surface area (Å²) in [5, 5.41) is 3.49. The molecule has 4 nitrogen and oxygen atoms in total. The fraction of sp³-hybridized carbons (Fsp3) is 0.154. The van der Waals surface area contributed by atoms with Crippen molar-refractivity contribution in [2.24, 2.45) is 0 Å². The van der Waals surface area contributed by atoms with Gasteiger partial charge < -0.3 is 5.32 Å². The lowest BCUT2D eigenvalue weighted by Crippen LogP contribution is -2.33. The number of halogens is 3. The number of imide groups is 1. The maximum absolute atomic E-state index is 14.5. The third-order valence-electron chi connectivity index (χ3n) is 5.39. The molecule has 0 radical (unpaired) electrons. The first-order valence-electron chi connectivity index (χ1n) is 10.3. The van der Waals surface area contributed by atoms with E-state index in [9.17, 15) is 18.4 Å². The highest BCUT2D eigenvalue weighted by molar-refractivity contribution is 6.46. The van der Waals surface area contributed by atoms with Crippen molar-refractivity contribution >= 4 is 40.4 Å². The molecule has 0 unspecified atom stereocenters. The Morgan fingerprint density at radius 3 is 2.06 bits per heavy atom. The van der Waals surface area contributed by atoms with Crippen LogP contribution in [-0.2, 0) is 15.0 Å². The van der Waals surface area contributed by atoms with Gasteiger partial charge in [0, 0.05) is 16.8 Å². The van der Waals surface area contributed by atoms with E-state index in [1.807, 2.05) is 24.3 Å². The smallest absolute Gasteiger partial charge is 0.282 e. The Morgan fingerprint density at radius 2 is 1.48 bits per heavy atom. The predicted molar refractivity (Wildman–Crippen MR) is 126 cm³/mol. The van der Waals surface area contributed by atoms with Gasteiger partial charge in [-0.1, -0.05) is 56.6 Å². The van der Waals surface area contributed by atoms with E-state index in [-0.39, 0.29) is 22.4 Å². The van der Waals surface area contributed by atoms with Gasteiger partial charge in [-0.2, -0.15) is 0 Å². The summed E-state index contributed by atoms with van der Waals surface area (Å²) in [5.41, 5.74) is 1.82. The van der Waals surface area contributed by atoms with Crippen LogP contribution in [0, 0.1) is 11.6 Å². The monoisotopic (exact) mass is 466 g/mol. The van der Waals surface area contributed by atoms with E-state index in [0.717, 1.165) is 17.7 Å². The molecule has 168 valence electrons. The van der Waals surface area contributed by atoms with E-state index in [0.29, 0.717) is 27.2 Å². The Kier molecular flexibility index (Phi) is 5.80. The minimum absolute atomic E-state index is 0.00504. The average molecular weight is 467 g/mol. The summed E-state index contributed by atoms with van der Waals surface area (Å²) in [6.07, 6.45) is 0. The van der Waals surface area contributed by atoms with Gasteiger partial charge in [0.05, 0.1) is 11.3 Å². The minimum atomic E-state index is -1.01. The summed E-state index contributed by atoms with van der Waals surface area (Å²) in [6, 6.07) is 16.6. The van der Waals surface area contributed by atoms with Crippen molar-refractivity contribution in [3.8, 4) is 0 Å². The van der Waals surface area contributed by atoms with E-state index in [1.54, 1.807) is 24.3 Å². The molecular weight excluding hydrogens is 446 g/mol. The van der Waals surface area contributed by atoms with Crippen LogP contribution in [0.1, 0.15) is 31.9 Å². The molecule has 2 amide bonds. The molecule has 3 aromatic rings. The topological polar surface area (TPSA) is 49.4 Å². The molecule has 0 atom stereocenters. The van der Waals surface area contributed by atoms with Crippen LogP contribution in [0.3, 0.4) is 0 Å².